The van der Waals surface area contributed by atoms with Crippen LogP contribution in [-0.4, -0.2) is 19.5 Å². The molecule has 1 rings (SSSR count). The Morgan fingerprint density at radius 1 is 1.40 bits per heavy atom. The van der Waals surface area contributed by atoms with Gasteiger partial charge in [0.2, 0.25) is 0 Å². The van der Waals surface area contributed by atoms with Gasteiger partial charge in [0.05, 0.1) is 6.04 Å². The summed E-state index contributed by atoms with van der Waals surface area (Å²) in [5, 5.41) is 2.77. The summed E-state index contributed by atoms with van der Waals surface area (Å²) < 4.78 is 37.7. The highest BCUT2D eigenvalue weighted by atomic mass is 35.5. The fourth-order valence-corrected chi connectivity index (χ4v) is 1.45. The van der Waals surface area contributed by atoms with Crippen molar-refractivity contribution in [1.29, 1.82) is 0 Å². The second-order valence-electron chi connectivity index (χ2n) is 3.17. The average molecular weight is 238 g/mol. The molecular formula is C10H11ClF3N. The highest BCUT2D eigenvalue weighted by molar-refractivity contribution is 6.31. The summed E-state index contributed by atoms with van der Waals surface area (Å²) in [5.41, 5.74) is 0.385. The normalized spacial score (nSPS) is 13.2. The van der Waals surface area contributed by atoms with Crippen LogP contribution in [0.15, 0.2) is 18.2 Å². The van der Waals surface area contributed by atoms with Gasteiger partial charge in [0.1, 0.15) is 5.82 Å². The van der Waals surface area contributed by atoms with E-state index in [1.165, 1.54) is 25.2 Å². The van der Waals surface area contributed by atoms with Gasteiger partial charge < -0.3 is 5.32 Å². The maximum Gasteiger partial charge on any atom is 0.254 e. The van der Waals surface area contributed by atoms with Crippen molar-refractivity contribution in [3.63, 3.8) is 0 Å². The number of likely N-dealkylation sites (N-methyl/N-ethyl adjacent to an activating group) is 1. The zero-order valence-electron chi connectivity index (χ0n) is 8.11. The Labute approximate surface area is 91.2 Å². The summed E-state index contributed by atoms with van der Waals surface area (Å²) >= 11 is 5.76. The summed E-state index contributed by atoms with van der Waals surface area (Å²) in [6, 6.07) is 2.73. The molecule has 0 saturated carbocycles. The predicted octanol–water partition coefficient (Wildman–Crippen LogP) is 2.87. The molecule has 0 spiro atoms. The first-order chi connectivity index (χ1) is 7.04. The molecule has 0 heterocycles. The summed E-state index contributed by atoms with van der Waals surface area (Å²) in [5.74, 6) is -0.474. The van der Waals surface area contributed by atoms with E-state index >= 15 is 0 Å². The first kappa shape index (κ1) is 12.3. The number of alkyl halides is 2. The smallest absolute Gasteiger partial charge is 0.254 e. The minimum atomic E-state index is -2.51. The molecule has 0 fully saturated rings. The molecule has 0 aromatic heterocycles. The Morgan fingerprint density at radius 3 is 2.60 bits per heavy atom. The van der Waals surface area contributed by atoms with Crippen LogP contribution in [-0.2, 0) is 6.42 Å². The molecule has 0 aliphatic heterocycles. The molecule has 5 heteroatoms. The quantitative estimate of drug-likeness (QED) is 0.849. The van der Waals surface area contributed by atoms with E-state index in [0.29, 0.717) is 10.6 Å². The van der Waals surface area contributed by atoms with Crippen LogP contribution in [0.5, 0.6) is 0 Å². The van der Waals surface area contributed by atoms with Gasteiger partial charge in [0.25, 0.3) is 6.43 Å². The molecule has 0 radical (unpaired) electrons. The van der Waals surface area contributed by atoms with Crippen LogP contribution in [0, 0.1) is 5.82 Å². The lowest BCUT2D eigenvalue weighted by Gasteiger charge is -2.15. The van der Waals surface area contributed by atoms with E-state index in [1.54, 1.807) is 0 Å². The summed E-state index contributed by atoms with van der Waals surface area (Å²) in [6.07, 6.45) is -2.50. The second kappa shape index (κ2) is 5.37. The number of hydrogen-bond donors (Lipinski definition) is 1. The number of hydrogen-bond acceptors (Lipinski definition) is 1. The lowest BCUT2D eigenvalue weighted by Crippen LogP contribution is -2.34. The molecule has 1 nitrogen and oxygen atoms in total. The van der Waals surface area contributed by atoms with Gasteiger partial charge in [-0.15, -0.1) is 0 Å². The fraction of sp³-hybridized carbons (Fsp3) is 0.400. The fourth-order valence-electron chi connectivity index (χ4n) is 1.25. The Morgan fingerprint density at radius 2 is 2.07 bits per heavy atom. The Balaban J connectivity index is 2.82. The molecule has 0 aliphatic rings. The van der Waals surface area contributed by atoms with Crippen molar-refractivity contribution >= 4 is 11.6 Å². The van der Waals surface area contributed by atoms with Gasteiger partial charge in [-0.2, -0.15) is 0 Å². The van der Waals surface area contributed by atoms with Crippen LogP contribution in [0.1, 0.15) is 5.56 Å². The zero-order chi connectivity index (χ0) is 11.4. The highest BCUT2D eigenvalue weighted by Gasteiger charge is 2.19. The van der Waals surface area contributed by atoms with E-state index in [0.717, 1.165) is 0 Å². The summed E-state index contributed by atoms with van der Waals surface area (Å²) in [4.78, 5) is 0. The van der Waals surface area contributed by atoms with Crippen molar-refractivity contribution in [2.24, 2.45) is 0 Å². The van der Waals surface area contributed by atoms with Crippen molar-refractivity contribution in [3.8, 4) is 0 Å². The van der Waals surface area contributed by atoms with Crippen molar-refractivity contribution < 1.29 is 13.2 Å². The molecule has 1 atom stereocenters. The number of nitrogens with one attached hydrogen (secondary N) is 1. The predicted molar refractivity (Wildman–Crippen MR) is 54.0 cm³/mol. The van der Waals surface area contributed by atoms with Crippen LogP contribution in [0.2, 0.25) is 5.02 Å². The minimum absolute atomic E-state index is 0.00472. The largest absolute Gasteiger partial charge is 0.312 e. The second-order valence-corrected chi connectivity index (χ2v) is 3.58. The molecule has 1 aromatic carbocycles. The van der Waals surface area contributed by atoms with Crippen LogP contribution in [0.3, 0.4) is 0 Å². The molecule has 0 aliphatic carbocycles. The van der Waals surface area contributed by atoms with E-state index in [1.807, 2.05) is 0 Å². The van der Waals surface area contributed by atoms with Gasteiger partial charge in [-0.3, -0.25) is 0 Å². The molecule has 84 valence electrons. The van der Waals surface area contributed by atoms with Crippen LogP contribution in [0.4, 0.5) is 13.2 Å². The first-order valence-electron chi connectivity index (χ1n) is 4.44. The van der Waals surface area contributed by atoms with Gasteiger partial charge in [-0.05, 0) is 37.2 Å². The standard InChI is InChI=1S/C10H11ClF3N/c1-15-9(10(13)14)5-6-4-7(12)2-3-8(6)11/h2-4,9-10,15H,5H2,1H3. The topological polar surface area (TPSA) is 12.0 Å². The van der Waals surface area contributed by atoms with Gasteiger partial charge >= 0.3 is 0 Å². The molecule has 1 aromatic rings. The third kappa shape index (κ3) is 3.39. The van der Waals surface area contributed by atoms with E-state index in [-0.39, 0.29) is 6.42 Å². The highest BCUT2D eigenvalue weighted by Crippen LogP contribution is 2.20. The lowest BCUT2D eigenvalue weighted by atomic mass is 10.1. The molecule has 15 heavy (non-hydrogen) atoms. The molecule has 1 unspecified atom stereocenters. The average Bonchev–Trinajstić information content (AvgIpc) is 2.18. The molecule has 0 bridgehead atoms. The number of rotatable bonds is 4. The zero-order valence-corrected chi connectivity index (χ0v) is 8.86. The van der Waals surface area contributed by atoms with Crippen LogP contribution in [0.25, 0.3) is 0 Å². The molecular weight excluding hydrogens is 227 g/mol. The number of benzene rings is 1. The Kier molecular flexibility index (Phi) is 4.42. The van der Waals surface area contributed by atoms with E-state index in [2.05, 4.69) is 5.32 Å². The summed E-state index contributed by atoms with van der Waals surface area (Å²) in [7, 11) is 1.43. The Hall–Kier alpha value is -0.740. The van der Waals surface area contributed by atoms with E-state index in [9.17, 15) is 13.2 Å². The molecule has 0 amide bonds. The lowest BCUT2D eigenvalue weighted by molar-refractivity contribution is 0.102. The molecule has 0 saturated heterocycles. The molecule has 1 N–H and O–H groups in total. The van der Waals surface area contributed by atoms with Gasteiger partial charge in [0.15, 0.2) is 0 Å². The van der Waals surface area contributed by atoms with Crippen LogP contribution < -0.4 is 5.32 Å². The SMILES string of the molecule is CNC(Cc1cc(F)ccc1Cl)C(F)F. The minimum Gasteiger partial charge on any atom is -0.312 e. The van der Waals surface area contributed by atoms with E-state index < -0.39 is 18.3 Å². The van der Waals surface area contributed by atoms with E-state index in [4.69, 9.17) is 11.6 Å². The summed E-state index contributed by atoms with van der Waals surface area (Å²) in [6.45, 7) is 0. The maximum atomic E-state index is 12.8. The van der Waals surface area contributed by atoms with Crippen molar-refractivity contribution in [1.82, 2.24) is 5.32 Å². The van der Waals surface area contributed by atoms with Crippen molar-refractivity contribution in [2.45, 2.75) is 18.9 Å². The maximum absolute atomic E-state index is 12.8. The van der Waals surface area contributed by atoms with Crippen molar-refractivity contribution in [3.05, 3.63) is 34.6 Å². The third-order valence-electron chi connectivity index (χ3n) is 2.12. The Bertz CT molecular complexity index is 330. The monoisotopic (exact) mass is 237 g/mol. The van der Waals surface area contributed by atoms with Gasteiger partial charge in [-0.1, -0.05) is 11.6 Å². The van der Waals surface area contributed by atoms with Gasteiger partial charge in [0, 0.05) is 5.02 Å². The van der Waals surface area contributed by atoms with Crippen molar-refractivity contribution in [2.75, 3.05) is 7.05 Å². The third-order valence-corrected chi connectivity index (χ3v) is 2.49. The first-order valence-corrected chi connectivity index (χ1v) is 4.81. The van der Waals surface area contributed by atoms with Gasteiger partial charge in [-0.25, -0.2) is 13.2 Å². The number of halogens is 4. The van der Waals surface area contributed by atoms with Crippen LogP contribution >= 0.6 is 11.6 Å².